The molecule has 0 spiro atoms. The van der Waals surface area contributed by atoms with Crippen molar-refractivity contribution < 1.29 is 9.90 Å². The zero-order valence-corrected chi connectivity index (χ0v) is 18.6. The second-order valence-electron chi connectivity index (χ2n) is 8.25. The molecular formula is C24H21N9O2. The Bertz CT molecular complexity index is 1440. The fraction of sp³-hybridized carbons (Fsp3) is 0.208. The zero-order valence-electron chi connectivity index (χ0n) is 18.6. The minimum atomic E-state index is -0.773. The largest absolute Gasteiger partial charge is 0.481 e. The van der Waals surface area contributed by atoms with Gasteiger partial charge in [-0.1, -0.05) is 23.4 Å². The zero-order chi connectivity index (χ0) is 24.4. The van der Waals surface area contributed by atoms with Crippen molar-refractivity contribution in [1.29, 1.82) is 5.26 Å². The third kappa shape index (κ3) is 4.77. The molecule has 35 heavy (non-hydrogen) atoms. The number of carbonyl (C=O) groups is 1. The van der Waals surface area contributed by atoms with Gasteiger partial charge in [-0.15, -0.1) is 5.10 Å². The predicted octanol–water partition coefficient (Wildman–Crippen LogP) is 2.21. The first-order chi connectivity index (χ1) is 17.0. The predicted molar refractivity (Wildman–Crippen MR) is 127 cm³/mol. The molecule has 0 bridgehead atoms. The molecule has 0 amide bonds. The van der Waals surface area contributed by atoms with Gasteiger partial charge in [-0.2, -0.15) is 5.26 Å². The molecule has 0 saturated carbocycles. The normalized spacial score (nSPS) is 15.2. The number of nitrogens with zero attached hydrogens (tertiary/aromatic N) is 8. The quantitative estimate of drug-likeness (QED) is 0.430. The highest BCUT2D eigenvalue weighted by Crippen LogP contribution is 2.25. The standard InChI is InChI=1S/C24H21N9O2/c25-11-15-3-1-4-16(9-15)19-10-20(29-24(26)28-19)21-14-33(31-30-21)13-18-5-2-6-22(27-18)32-8-7-17(12-32)23(34)35/h1-6,9-10,14,17H,7-8,12-13H2,(H,34,35)(H2,26,28,29). The molecule has 11 heteroatoms. The van der Waals surface area contributed by atoms with Gasteiger partial charge in [0.1, 0.15) is 11.5 Å². The summed E-state index contributed by atoms with van der Waals surface area (Å²) in [5, 5.41) is 26.9. The maximum atomic E-state index is 11.3. The second kappa shape index (κ2) is 9.18. The van der Waals surface area contributed by atoms with E-state index in [1.807, 2.05) is 29.2 Å². The number of anilines is 2. The van der Waals surface area contributed by atoms with Crippen molar-refractivity contribution in [2.75, 3.05) is 23.7 Å². The van der Waals surface area contributed by atoms with E-state index in [1.165, 1.54) is 0 Å². The molecule has 1 aliphatic rings. The minimum Gasteiger partial charge on any atom is -0.481 e. The number of aromatic nitrogens is 6. The van der Waals surface area contributed by atoms with Crippen molar-refractivity contribution in [2.24, 2.45) is 5.92 Å². The highest BCUT2D eigenvalue weighted by molar-refractivity contribution is 5.72. The molecule has 4 aromatic rings. The molecule has 174 valence electrons. The number of aliphatic carboxylic acids is 1. The first-order valence-electron chi connectivity index (χ1n) is 11.0. The Balaban J connectivity index is 1.35. The molecule has 1 unspecified atom stereocenters. The lowest BCUT2D eigenvalue weighted by Crippen LogP contribution is -2.23. The van der Waals surface area contributed by atoms with E-state index in [0.717, 1.165) is 17.1 Å². The number of nitrogens with two attached hydrogens (primary N) is 1. The van der Waals surface area contributed by atoms with Crippen LogP contribution in [0.15, 0.2) is 54.7 Å². The summed E-state index contributed by atoms with van der Waals surface area (Å²) < 4.78 is 1.65. The fourth-order valence-electron chi connectivity index (χ4n) is 4.05. The van der Waals surface area contributed by atoms with Gasteiger partial charge in [-0.05, 0) is 36.8 Å². The van der Waals surface area contributed by atoms with Crippen molar-refractivity contribution in [2.45, 2.75) is 13.0 Å². The van der Waals surface area contributed by atoms with Crippen LogP contribution in [0, 0.1) is 17.2 Å². The van der Waals surface area contributed by atoms with Crippen LogP contribution < -0.4 is 10.6 Å². The molecule has 1 saturated heterocycles. The highest BCUT2D eigenvalue weighted by atomic mass is 16.4. The second-order valence-corrected chi connectivity index (χ2v) is 8.25. The van der Waals surface area contributed by atoms with Crippen LogP contribution >= 0.6 is 0 Å². The Labute approximate surface area is 200 Å². The molecular weight excluding hydrogens is 446 g/mol. The van der Waals surface area contributed by atoms with Gasteiger partial charge < -0.3 is 15.7 Å². The van der Waals surface area contributed by atoms with E-state index >= 15 is 0 Å². The molecule has 0 aliphatic carbocycles. The van der Waals surface area contributed by atoms with Crippen LogP contribution in [0.1, 0.15) is 17.7 Å². The van der Waals surface area contributed by atoms with E-state index < -0.39 is 5.97 Å². The van der Waals surface area contributed by atoms with E-state index in [4.69, 9.17) is 5.73 Å². The number of rotatable bonds is 6. The van der Waals surface area contributed by atoms with Gasteiger partial charge in [-0.3, -0.25) is 4.79 Å². The van der Waals surface area contributed by atoms with Crippen molar-refractivity contribution in [3.63, 3.8) is 0 Å². The van der Waals surface area contributed by atoms with Gasteiger partial charge >= 0.3 is 5.97 Å². The van der Waals surface area contributed by atoms with Crippen LogP contribution in [-0.2, 0) is 11.3 Å². The SMILES string of the molecule is N#Cc1cccc(-c2cc(-c3cn(Cc4cccc(N5CCC(C(=O)O)C5)n4)nn3)nc(N)n2)c1. The topological polar surface area (TPSA) is 160 Å². The summed E-state index contributed by atoms with van der Waals surface area (Å²) in [6, 6.07) is 16.6. The van der Waals surface area contributed by atoms with Crippen molar-refractivity contribution in [3.05, 3.63) is 66.0 Å². The Hall–Kier alpha value is -4.85. The Morgan fingerprint density at radius 2 is 1.94 bits per heavy atom. The smallest absolute Gasteiger partial charge is 0.308 e. The van der Waals surface area contributed by atoms with Crippen LogP contribution in [0.2, 0.25) is 0 Å². The number of hydrogen-bond acceptors (Lipinski definition) is 9. The van der Waals surface area contributed by atoms with Crippen molar-refractivity contribution in [3.8, 4) is 28.7 Å². The van der Waals surface area contributed by atoms with Gasteiger partial charge in [0.15, 0.2) is 0 Å². The van der Waals surface area contributed by atoms with Crippen LogP contribution in [-0.4, -0.2) is 54.1 Å². The molecule has 3 N–H and O–H groups in total. The Morgan fingerprint density at radius 3 is 2.74 bits per heavy atom. The summed E-state index contributed by atoms with van der Waals surface area (Å²) in [6.45, 7) is 1.50. The molecule has 0 radical (unpaired) electrons. The molecule has 1 fully saturated rings. The summed E-state index contributed by atoms with van der Waals surface area (Å²) >= 11 is 0. The summed E-state index contributed by atoms with van der Waals surface area (Å²) in [6.07, 6.45) is 2.36. The number of nitriles is 1. The number of nitrogen functional groups attached to an aromatic ring is 1. The lowest BCUT2D eigenvalue weighted by Gasteiger charge is -2.17. The summed E-state index contributed by atoms with van der Waals surface area (Å²) in [5.74, 6) is -0.301. The van der Waals surface area contributed by atoms with Crippen LogP contribution in [0.5, 0.6) is 0 Å². The highest BCUT2D eigenvalue weighted by Gasteiger charge is 2.28. The maximum Gasteiger partial charge on any atom is 0.308 e. The number of carboxylic acids is 1. The fourth-order valence-corrected chi connectivity index (χ4v) is 4.05. The lowest BCUT2D eigenvalue weighted by molar-refractivity contribution is -0.140. The molecule has 11 nitrogen and oxygen atoms in total. The van der Waals surface area contributed by atoms with Gasteiger partial charge in [0.2, 0.25) is 5.95 Å². The van der Waals surface area contributed by atoms with Crippen LogP contribution in [0.4, 0.5) is 11.8 Å². The van der Waals surface area contributed by atoms with E-state index in [1.54, 1.807) is 35.1 Å². The van der Waals surface area contributed by atoms with Crippen LogP contribution in [0.25, 0.3) is 22.6 Å². The minimum absolute atomic E-state index is 0.0917. The van der Waals surface area contributed by atoms with Crippen LogP contribution in [0.3, 0.4) is 0 Å². The molecule has 3 aromatic heterocycles. The molecule has 1 aromatic carbocycles. The number of pyridine rings is 1. The Kier molecular flexibility index (Phi) is 5.76. The number of benzene rings is 1. The van der Waals surface area contributed by atoms with E-state index in [2.05, 4.69) is 31.3 Å². The molecule has 1 aliphatic heterocycles. The summed E-state index contributed by atoms with van der Waals surface area (Å²) in [5.41, 5.74) is 9.61. The molecule has 5 rings (SSSR count). The molecule has 1 atom stereocenters. The first-order valence-corrected chi connectivity index (χ1v) is 11.0. The summed E-state index contributed by atoms with van der Waals surface area (Å²) in [4.78, 5) is 26.5. The average Bonchev–Trinajstić information content (AvgIpc) is 3.54. The van der Waals surface area contributed by atoms with Crippen molar-refractivity contribution in [1.82, 2.24) is 29.9 Å². The Morgan fingerprint density at radius 1 is 1.11 bits per heavy atom. The first kappa shape index (κ1) is 22.0. The average molecular weight is 467 g/mol. The number of hydrogen-bond donors (Lipinski definition) is 2. The van der Waals surface area contributed by atoms with Gasteiger partial charge in [0.25, 0.3) is 0 Å². The molecule has 4 heterocycles. The van der Waals surface area contributed by atoms with E-state index in [0.29, 0.717) is 48.7 Å². The van der Waals surface area contributed by atoms with E-state index in [-0.39, 0.29) is 11.9 Å². The van der Waals surface area contributed by atoms with Gasteiger partial charge in [0, 0.05) is 18.7 Å². The van der Waals surface area contributed by atoms with Gasteiger partial charge in [-0.25, -0.2) is 19.6 Å². The maximum absolute atomic E-state index is 11.3. The third-order valence-corrected chi connectivity index (χ3v) is 5.81. The monoisotopic (exact) mass is 467 g/mol. The van der Waals surface area contributed by atoms with Gasteiger partial charge in [0.05, 0.1) is 47.4 Å². The summed E-state index contributed by atoms with van der Waals surface area (Å²) in [7, 11) is 0. The third-order valence-electron chi connectivity index (χ3n) is 5.81. The van der Waals surface area contributed by atoms with Crippen molar-refractivity contribution >= 4 is 17.7 Å². The number of carboxylic acid groups (broad SMARTS) is 1. The van der Waals surface area contributed by atoms with E-state index in [9.17, 15) is 15.2 Å². The lowest BCUT2D eigenvalue weighted by atomic mass is 10.1.